The fourth-order valence-corrected chi connectivity index (χ4v) is 6.29. The van der Waals surface area contributed by atoms with Crippen molar-refractivity contribution in [2.45, 2.75) is 9.87 Å². The van der Waals surface area contributed by atoms with Crippen LogP contribution in [-0.2, 0) is 29.7 Å². The quantitative estimate of drug-likeness (QED) is 0.555. The second-order valence-corrected chi connectivity index (χ2v) is 8.85. The van der Waals surface area contributed by atoms with Gasteiger partial charge in [-0.05, 0) is 17.7 Å². The highest BCUT2D eigenvalue weighted by Gasteiger charge is 2.72. The molecule has 0 bridgehead atoms. The number of hydrogen-bond donors (Lipinski definition) is 2. The minimum Gasteiger partial charge on any atom is -0.347 e. The number of rotatable bonds is 5. The molecule has 0 amide bonds. The summed E-state index contributed by atoms with van der Waals surface area (Å²) in [7, 11) is -9.18. The van der Waals surface area contributed by atoms with Gasteiger partial charge in [0.05, 0.1) is 0 Å². The van der Waals surface area contributed by atoms with Gasteiger partial charge >= 0.3 is 4.08 Å². The predicted octanol–water partition coefficient (Wildman–Crippen LogP) is 1.75. The number of benzene rings is 1. The highest BCUT2D eigenvalue weighted by atomic mass is 35.5. The second kappa shape index (κ2) is 6.47. The zero-order valence-corrected chi connectivity index (χ0v) is 15.5. The van der Waals surface area contributed by atoms with E-state index in [0.29, 0.717) is 0 Å². The standard InChI is InChI=1S/C14H15ClO8S2/c1-22-13(23-2)9-5-7-11(10-6-3-4-8-12(10)15)14(13,24(16,17)18)25(19,20)21/h3-9H,1-2H3,(H,16,17,18)(H,19,20,21). The lowest BCUT2D eigenvalue weighted by atomic mass is 9.91. The van der Waals surface area contributed by atoms with E-state index in [1.807, 2.05) is 0 Å². The molecule has 2 N–H and O–H groups in total. The SMILES string of the molecule is COC1(OC)C=CC=C(c2ccccc2Cl)C1(S(=O)(=O)O)S(=O)(=O)O. The summed E-state index contributed by atoms with van der Waals surface area (Å²) in [4.78, 5) is 0. The molecule has 2 rings (SSSR count). The second-order valence-electron chi connectivity index (χ2n) is 5.06. The van der Waals surface area contributed by atoms with Crippen molar-refractivity contribution in [3.05, 3.63) is 53.1 Å². The van der Waals surface area contributed by atoms with Crippen LogP contribution < -0.4 is 0 Å². The smallest absolute Gasteiger partial charge is 0.304 e. The Morgan fingerprint density at radius 2 is 1.52 bits per heavy atom. The van der Waals surface area contributed by atoms with Crippen molar-refractivity contribution in [3.8, 4) is 0 Å². The van der Waals surface area contributed by atoms with Crippen molar-refractivity contribution in [2.75, 3.05) is 14.2 Å². The summed E-state index contributed by atoms with van der Waals surface area (Å²) in [5, 5.41) is -0.0122. The average Bonchev–Trinajstić information content (AvgIpc) is 2.52. The van der Waals surface area contributed by atoms with Crippen LogP contribution in [0.4, 0.5) is 0 Å². The van der Waals surface area contributed by atoms with Gasteiger partial charge in [-0.2, -0.15) is 16.8 Å². The largest absolute Gasteiger partial charge is 0.347 e. The Morgan fingerprint density at radius 3 is 1.96 bits per heavy atom. The molecule has 0 atom stereocenters. The molecule has 0 saturated carbocycles. The van der Waals surface area contributed by atoms with E-state index >= 15 is 0 Å². The van der Waals surface area contributed by atoms with Crippen LogP contribution in [-0.4, -0.2) is 50.0 Å². The van der Waals surface area contributed by atoms with Crippen LogP contribution in [0.5, 0.6) is 0 Å². The van der Waals surface area contributed by atoms with Gasteiger partial charge in [0.1, 0.15) is 0 Å². The average molecular weight is 411 g/mol. The fourth-order valence-electron chi connectivity index (χ4n) is 2.88. The number of hydrogen-bond acceptors (Lipinski definition) is 6. The lowest BCUT2D eigenvalue weighted by molar-refractivity contribution is -0.172. The van der Waals surface area contributed by atoms with Crippen LogP contribution in [0, 0.1) is 0 Å². The lowest BCUT2D eigenvalue weighted by Crippen LogP contribution is -2.65. The van der Waals surface area contributed by atoms with Crippen molar-refractivity contribution in [3.63, 3.8) is 0 Å². The maximum Gasteiger partial charge on any atom is 0.304 e. The van der Waals surface area contributed by atoms with Gasteiger partial charge in [-0.15, -0.1) is 0 Å². The highest BCUT2D eigenvalue weighted by Crippen LogP contribution is 2.51. The Morgan fingerprint density at radius 1 is 1.00 bits per heavy atom. The van der Waals surface area contributed by atoms with Gasteiger partial charge in [-0.25, -0.2) is 0 Å². The molecular weight excluding hydrogens is 396 g/mol. The van der Waals surface area contributed by atoms with Gasteiger partial charge in [0.15, 0.2) is 0 Å². The highest BCUT2D eigenvalue weighted by molar-refractivity contribution is 8.06. The summed E-state index contributed by atoms with van der Waals surface area (Å²) in [6, 6.07) is 5.72. The Hall–Kier alpha value is -1.27. The van der Waals surface area contributed by atoms with Crippen LogP contribution >= 0.6 is 11.6 Å². The molecule has 0 heterocycles. The number of ether oxygens (including phenoxy) is 2. The first-order valence-corrected chi connectivity index (χ1v) is 9.93. The van der Waals surface area contributed by atoms with Gasteiger partial charge in [-0.1, -0.05) is 42.0 Å². The van der Waals surface area contributed by atoms with Gasteiger partial charge < -0.3 is 9.47 Å². The molecule has 0 aromatic heterocycles. The van der Waals surface area contributed by atoms with Gasteiger partial charge in [0.25, 0.3) is 20.2 Å². The van der Waals surface area contributed by atoms with Crippen molar-refractivity contribution in [2.24, 2.45) is 0 Å². The first-order valence-electron chi connectivity index (χ1n) is 6.68. The van der Waals surface area contributed by atoms with E-state index in [1.165, 1.54) is 30.3 Å². The van der Waals surface area contributed by atoms with Crippen LogP contribution in [0.2, 0.25) is 5.02 Å². The predicted molar refractivity (Wildman–Crippen MR) is 91.1 cm³/mol. The zero-order valence-electron chi connectivity index (χ0n) is 13.1. The van der Waals surface area contributed by atoms with E-state index in [1.54, 1.807) is 0 Å². The van der Waals surface area contributed by atoms with Crippen LogP contribution in [0.25, 0.3) is 5.57 Å². The molecule has 0 aliphatic heterocycles. The summed E-state index contributed by atoms with van der Waals surface area (Å²) < 4.78 is 75.7. The summed E-state index contributed by atoms with van der Waals surface area (Å²) in [6.07, 6.45) is 3.30. The van der Waals surface area contributed by atoms with E-state index < -0.39 is 35.7 Å². The minimum atomic E-state index is -5.56. The molecule has 138 valence electrons. The van der Waals surface area contributed by atoms with E-state index in [-0.39, 0.29) is 10.6 Å². The molecule has 0 saturated heterocycles. The third-order valence-corrected chi connectivity index (χ3v) is 7.94. The summed E-state index contributed by atoms with van der Waals surface area (Å²) in [6.45, 7) is 0. The Kier molecular flexibility index (Phi) is 5.19. The van der Waals surface area contributed by atoms with Gasteiger partial charge in [0, 0.05) is 24.8 Å². The lowest BCUT2D eigenvalue weighted by Gasteiger charge is -2.44. The molecule has 8 nitrogen and oxygen atoms in total. The zero-order chi connectivity index (χ0) is 19.1. The van der Waals surface area contributed by atoms with E-state index in [4.69, 9.17) is 21.1 Å². The first-order chi connectivity index (χ1) is 11.5. The van der Waals surface area contributed by atoms with Crippen molar-refractivity contribution >= 4 is 37.4 Å². The van der Waals surface area contributed by atoms with Crippen molar-refractivity contribution < 1.29 is 35.4 Å². The van der Waals surface area contributed by atoms with E-state index in [9.17, 15) is 25.9 Å². The van der Waals surface area contributed by atoms with Crippen LogP contribution in [0.3, 0.4) is 0 Å². The van der Waals surface area contributed by atoms with E-state index in [0.717, 1.165) is 26.4 Å². The van der Waals surface area contributed by atoms with Gasteiger partial charge in [0.2, 0.25) is 5.79 Å². The van der Waals surface area contributed by atoms with Gasteiger partial charge in [-0.3, -0.25) is 9.11 Å². The Labute approximate surface area is 150 Å². The Bertz CT molecular complexity index is 911. The third kappa shape index (κ3) is 2.74. The van der Waals surface area contributed by atoms with Crippen LogP contribution in [0.1, 0.15) is 5.56 Å². The van der Waals surface area contributed by atoms with Crippen molar-refractivity contribution in [1.29, 1.82) is 0 Å². The first kappa shape index (κ1) is 20.0. The number of halogens is 1. The monoisotopic (exact) mass is 410 g/mol. The summed E-state index contributed by atoms with van der Waals surface area (Å²) in [5.41, 5.74) is -0.587. The van der Waals surface area contributed by atoms with E-state index in [2.05, 4.69) is 0 Å². The molecule has 1 aliphatic carbocycles. The summed E-state index contributed by atoms with van der Waals surface area (Å²) >= 11 is 6.07. The number of methoxy groups -OCH3 is 2. The molecule has 1 aliphatic rings. The number of allylic oxidation sites excluding steroid dienone is 2. The molecule has 25 heavy (non-hydrogen) atoms. The minimum absolute atomic E-state index is 0.0122. The maximum absolute atomic E-state index is 12.3. The molecule has 1 aromatic rings. The molecule has 0 spiro atoms. The van der Waals surface area contributed by atoms with Crippen LogP contribution in [0.15, 0.2) is 42.5 Å². The molecule has 11 heteroatoms. The summed E-state index contributed by atoms with van der Waals surface area (Å²) in [5.74, 6) is -2.57. The molecular formula is C14H15ClO8S2. The Balaban J connectivity index is 3.09. The molecule has 0 radical (unpaired) electrons. The molecule has 1 aromatic carbocycles. The maximum atomic E-state index is 12.3. The van der Waals surface area contributed by atoms with Crippen molar-refractivity contribution in [1.82, 2.24) is 0 Å². The topological polar surface area (TPSA) is 127 Å². The molecule has 0 fully saturated rings. The normalized spacial score (nSPS) is 19.5. The fraction of sp³-hybridized carbons (Fsp3) is 0.286. The third-order valence-electron chi connectivity index (χ3n) is 3.89. The molecule has 0 unspecified atom stereocenters.